The first-order chi connectivity index (χ1) is 28.8. The van der Waals surface area contributed by atoms with Gasteiger partial charge in [-0.15, -0.1) is 0 Å². The summed E-state index contributed by atoms with van der Waals surface area (Å²) in [7, 11) is 0. The van der Waals surface area contributed by atoms with Crippen LogP contribution in [0.1, 0.15) is 17.0 Å². The van der Waals surface area contributed by atoms with Crippen LogP contribution in [0, 0.1) is 0 Å². The molecule has 0 saturated heterocycles. The van der Waals surface area contributed by atoms with E-state index in [2.05, 4.69) is 176 Å². The molecule has 0 amide bonds. The lowest BCUT2D eigenvalue weighted by Gasteiger charge is -2.24. The molecule has 3 aliphatic rings. The monoisotopic (exact) mass is 732 g/mol. The van der Waals surface area contributed by atoms with Crippen molar-refractivity contribution in [1.82, 2.24) is 13.2 Å². The Morgan fingerprint density at radius 1 is 0.397 bits per heavy atom. The van der Waals surface area contributed by atoms with Crippen LogP contribution in [0.5, 0.6) is 0 Å². The quantitative estimate of drug-likeness (QED) is 0.152. The lowest BCUT2D eigenvalue weighted by atomic mass is 9.85. The number of aromatic nitrogens is 3. The molecule has 2 unspecified atom stereocenters. The number of para-hydroxylation sites is 5. The molecular formula is C54H28N4. The fourth-order valence-corrected chi connectivity index (χ4v) is 12.9. The zero-order valence-electron chi connectivity index (χ0n) is 31.0. The number of hydrogen-bond acceptors (Lipinski definition) is 1. The molecular weight excluding hydrogens is 705 g/mol. The van der Waals surface area contributed by atoms with E-state index in [0.29, 0.717) is 12.0 Å². The Kier molecular flexibility index (Phi) is 4.27. The van der Waals surface area contributed by atoms with E-state index >= 15 is 0 Å². The largest absolute Gasteiger partial charge is 0.332 e. The Bertz CT molecular complexity index is 4340. The summed E-state index contributed by atoms with van der Waals surface area (Å²) in [5, 5.41) is 15.9. The van der Waals surface area contributed by atoms with Crippen molar-refractivity contribution in [3.63, 3.8) is 0 Å². The van der Waals surface area contributed by atoms with Gasteiger partial charge in [0.15, 0.2) is 0 Å². The molecule has 2 aliphatic heterocycles. The van der Waals surface area contributed by atoms with Crippen molar-refractivity contribution in [3.8, 4) is 0 Å². The van der Waals surface area contributed by atoms with Gasteiger partial charge < -0.3 is 18.1 Å². The molecule has 2 atom stereocenters. The molecule has 0 fully saturated rings. The predicted octanol–water partition coefficient (Wildman–Crippen LogP) is 13.7. The number of allylic oxidation sites excluding steroid dienone is 2. The average Bonchev–Trinajstić information content (AvgIpc) is 4.15. The zero-order chi connectivity index (χ0) is 36.9. The van der Waals surface area contributed by atoms with E-state index in [0.717, 1.165) is 0 Å². The van der Waals surface area contributed by atoms with Crippen molar-refractivity contribution >= 4 is 131 Å². The summed E-state index contributed by atoms with van der Waals surface area (Å²) in [6.07, 6.45) is 7.05. The molecule has 0 N–H and O–H groups in total. The molecule has 58 heavy (non-hydrogen) atoms. The van der Waals surface area contributed by atoms with E-state index in [-0.39, 0.29) is 0 Å². The maximum Gasteiger partial charge on any atom is 0.0702 e. The molecule has 0 bridgehead atoms. The van der Waals surface area contributed by atoms with Crippen LogP contribution in [0.2, 0.25) is 0 Å². The SMILES string of the molecule is C1=CC2c3ccc4c(c3N3c5ccccc5C(=C1)C23)c1cccc2c3cc5c(cc3n4c21)c1cccc2c3c(ccc4c6cccc7c8ccccc8n(c76)c43)n5c12. The zero-order valence-corrected chi connectivity index (χ0v) is 31.0. The highest BCUT2D eigenvalue weighted by Gasteiger charge is 2.48. The Morgan fingerprint density at radius 3 is 1.78 bits per heavy atom. The van der Waals surface area contributed by atoms with E-state index in [4.69, 9.17) is 0 Å². The maximum absolute atomic E-state index is 2.67. The fraction of sp³-hybridized carbons (Fsp3) is 0.0370. The number of nitrogens with zero attached hydrogens (tertiary/aromatic N) is 4. The topological polar surface area (TPSA) is 16.5 Å². The molecule has 14 aromatic rings. The summed E-state index contributed by atoms with van der Waals surface area (Å²) in [5.74, 6) is 0.342. The van der Waals surface area contributed by atoms with Gasteiger partial charge in [-0.1, -0.05) is 121 Å². The standard InChI is InChI=1S/C54H28N4/c1-3-19-41-27(9-1)29-11-5-13-31-35-21-23-43-47(53(35)57(41)49(29)31)37-17-7-15-33-39-26-46-40(25-45(39)55(43)51(33)37)34-16-8-18-38-48-44(56(46)52(34)38)24-22-36-32-14-6-12-30-28-10-2-4-20-42(28)58(50(30)32)54(36)48/h1-26,31,49H. The number of benzene rings is 8. The highest BCUT2D eigenvalue weighted by atomic mass is 15.2. The Labute approximate surface area is 328 Å². The number of fused-ring (bicyclic) bond motifs is 26. The molecule has 1 aliphatic carbocycles. The van der Waals surface area contributed by atoms with Gasteiger partial charge in [-0.3, -0.25) is 0 Å². The van der Waals surface area contributed by atoms with Gasteiger partial charge in [0.2, 0.25) is 0 Å². The molecule has 0 spiro atoms. The number of hydrogen-bond donors (Lipinski definition) is 0. The summed E-state index contributed by atoms with van der Waals surface area (Å²) < 4.78 is 7.72. The first-order valence-corrected chi connectivity index (χ1v) is 20.5. The Morgan fingerprint density at radius 2 is 0.983 bits per heavy atom. The molecule has 4 nitrogen and oxygen atoms in total. The Hall–Kier alpha value is -7.56. The number of anilines is 2. The second kappa shape index (κ2) is 8.86. The van der Waals surface area contributed by atoms with Crippen LogP contribution in [-0.2, 0) is 0 Å². The lowest BCUT2D eigenvalue weighted by Crippen LogP contribution is -2.26. The van der Waals surface area contributed by atoms with Gasteiger partial charge >= 0.3 is 0 Å². The minimum atomic E-state index is 0.311. The first-order valence-electron chi connectivity index (χ1n) is 20.5. The van der Waals surface area contributed by atoms with Crippen molar-refractivity contribution in [3.05, 3.63) is 169 Å². The third-order valence-corrected chi connectivity index (χ3v) is 14.9. The molecule has 17 rings (SSSR count). The van der Waals surface area contributed by atoms with Gasteiger partial charge in [0, 0.05) is 81.8 Å². The van der Waals surface area contributed by atoms with Gasteiger partial charge in [-0.25, -0.2) is 0 Å². The van der Waals surface area contributed by atoms with E-state index in [9.17, 15) is 0 Å². The maximum atomic E-state index is 2.67. The van der Waals surface area contributed by atoms with E-state index in [1.54, 1.807) is 0 Å². The van der Waals surface area contributed by atoms with Crippen LogP contribution in [0.15, 0.2) is 158 Å². The molecule has 4 heteroatoms. The van der Waals surface area contributed by atoms with Crippen LogP contribution >= 0.6 is 0 Å². The average molecular weight is 733 g/mol. The van der Waals surface area contributed by atoms with Crippen LogP contribution < -0.4 is 4.90 Å². The van der Waals surface area contributed by atoms with Crippen molar-refractivity contribution in [2.75, 3.05) is 4.90 Å². The molecule has 8 heterocycles. The van der Waals surface area contributed by atoms with Crippen molar-refractivity contribution in [1.29, 1.82) is 0 Å². The molecule has 8 aromatic carbocycles. The molecule has 264 valence electrons. The highest BCUT2D eigenvalue weighted by Crippen LogP contribution is 2.61. The second-order valence-electron chi connectivity index (χ2n) is 17.1. The summed E-state index contributed by atoms with van der Waals surface area (Å²) in [6.45, 7) is 0. The van der Waals surface area contributed by atoms with Crippen LogP contribution in [-0.4, -0.2) is 19.2 Å². The third-order valence-electron chi connectivity index (χ3n) is 14.9. The summed E-state index contributed by atoms with van der Waals surface area (Å²) in [6, 6.07) is 53.7. The van der Waals surface area contributed by atoms with Gasteiger partial charge in [-0.05, 0) is 47.5 Å². The molecule has 0 radical (unpaired) electrons. The number of rotatable bonds is 0. The predicted molar refractivity (Wildman–Crippen MR) is 243 cm³/mol. The second-order valence-corrected chi connectivity index (χ2v) is 17.1. The van der Waals surface area contributed by atoms with Crippen LogP contribution in [0.4, 0.5) is 11.4 Å². The first kappa shape index (κ1) is 27.9. The van der Waals surface area contributed by atoms with E-state index in [1.807, 2.05) is 0 Å². The van der Waals surface area contributed by atoms with Crippen LogP contribution in [0.25, 0.3) is 120 Å². The highest BCUT2D eigenvalue weighted by molar-refractivity contribution is 6.35. The lowest BCUT2D eigenvalue weighted by molar-refractivity contribution is 0.782. The third kappa shape index (κ3) is 2.71. The van der Waals surface area contributed by atoms with Crippen LogP contribution in [0.3, 0.4) is 0 Å². The van der Waals surface area contributed by atoms with Gasteiger partial charge in [0.05, 0.1) is 61.4 Å². The summed E-state index contributed by atoms with van der Waals surface area (Å²) in [4.78, 5) is 2.67. The summed E-state index contributed by atoms with van der Waals surface area (Å²) >= 11 is 0. The summed E-state index contributed by atoms with van der Waals surface area (Å²) in [5.41, 5.74) is 18.6. The molecule has 6 aromatic heterocycles. The normalized spacial score (nSPS) is 17.7. The van der Waals surface area contributed by atoms with E-state index in [1.165, 1.54) is 142 Å². The van der Waals surface area contributed by atoms with Crippen molar-refractivity contribution < 1.29 is 0 Å². The fourth-order valence-electron chi connectivity index (χ4n) is 12.9. The van der Waals surface area contributed by atoms with Crippen molar-refractivity contribution in [2.24, 2.45) is 0 Å². The minimum absolute atomic E-state index is 0.311. The van der Waals surface area contributed by atoms with E-state index < -0.39 is 0 Å². The minimum Gasteiger partial charge on any atom is -0.332 e. The van der Waals surface area contributed by atoms with Gasteiger partial charge in [-0.2, -0.15) is 0 Å². The Balaban J connectivity index is 1.01. The smallest absolute Gasteiger partial charge is 0.0702 e. The van der Waals surface area contributed by atoms with Crippen molar-refractivity contribution in [2.45, 2.75) is 12.0 Å². The van der Waals surface area contributed by atoms with Gasteiger partial charge in [0.1, 0.15) is 0 Å². The van der Waals surface area contributed by atoms with Gasteiger partial charge in [0.25, 0.3) is 0 Å². The molecule has 0 saturated carbocycles.